The van der Waals surface area contributed by atoms with Crippen molar-refractivity contribution in [2.45, 2.75) is 0 Å². The van der Waals surface area contributed by atoms with Crippen molar-refractivity contribution in [2.24, 2.45) is 0 Å². The van der Waals surface area contributed by atoms with E-state index in [1.807, 2.05) is 0 Å². The highest BCUT2D eigenvalue weighted by atomic mass is 35.5. The normalized spacial score (nSPS) is 9.46. The first-order valence-corrected chi connectivity index (χ1v) is 3.87. The van der Waals surface area contributed by atoms with Crippen LogP contribution in [0, 0.1) is 0 Å². The molecule has 1 rings (SSSR count). The Morgan fingerprint density at radius 1 is 1.77 bits per heavy atom. The number of ether oxygens (including phenoxy) is 1. The molecule has 13 heavy (non-hydrogen) atoms. The molecule has 0 unspecified atom stereocenters. The molecule has 0 saturated carbocycles. The van der Waals surface area contributed by atoms with Gasteiger partial charge in [-0.15, -0.1) is 0 Å². The Morgan fingerprint density at radius 2 is 2.46 bits per heavy atom. The summed E-state index contributed by atoms with van der Waals surface area (Å²) in [7, 11) is 1.40. The van der Waals surface area contributed by atoms with Crippen LogP contribution in [0.4, 0.5) is 5.69 Å². The maximum Gasteiger partial charge on any atom is 0.210 e. The molecule has 1 N–H and O–H groups in total. The van der Waals surface area contributed by atoms with Crippen molar-refractivity contribution in [3.8, 4) is 0 Å². The molecular weight excluding hydrogens is 192 g/mol. The minimum atomic E-state index is 0.0786. The zero-order chi connectivity index (χ0) is 9.84. The first kappa shape index (κ1) is 9.83. The zero-order valence-electron chi connectivity index (χ0n) is 7.07. The monoisotopic (exact) mass is 200 g/mol. The summed E-state index contributed by atoms with van der Waals surface area (Å²) in [4.78, 5) is 3.78. The second-order valence-corrected chi connectivity index (χ2v) is 2.58. The van der Waals surface area contributed by atoms with E-state index < -0.39 is 0 Å². The number of hydrogen-bond donors (Lipinski definition) is 1. The van der Waals surface area contributed by atoms with E-state index in [1.54, 1.807) is 12.1 Å². The molecule has 0 aliphatic heterocycles. The fourth-order valence-corrected chi connectivity index (χ4v) is 0.956. The number of nitrogens with zero attached hydrogens (tertiary/aromatic N) is 2. The van der Waals surface area contributed by atoms with Gasteiger partial charge in [0.2, 0.25) is 5.88 Å². The largest absolute Gasteiger partial charge is 0.481 e. The van der Waals surface area contributed by atoms with Crippen LogP contribution in [-0.2, 0) is 4.74 Å². The van der Waals surface area contributed by atoms with Crippen molar-refractivity contribution in [2.75, 3.05) is 12.2 Å². The van der Waals surface area contributed by atoms with Crippen LogP contribution >= 0.6 is 11.6 Å². The lowest BCUT2D eigenvalue weighted by atomic mass is 10.4. The fraction of sp³-hybridized carbons (Fsp3) is 0.125. The zero-order valence-corrected chi connectivity index (χ0v) is 7.82. The lowest BCUT2D eigenvalue weighted by molar-refractivity contribution is 0.179. The van der Waals surface area contributed by atoms with Crippen molar-refractivity contribution in [3.63, 3.8) is 0 Å². The van der Waals surface area contributed by atoms with Crippen LogP contribution in [0.2, 0.25) is 5.15 Å². The third-order valence-electron chi connectivity index (χ3n) is 1.44. The Hall–Kier alpha value is -1.26. The molecule has 1 heterocycles. The third kappa shape index (κ3) is 2.11. The minimum absolute atomic E-state index is 0.0786. The van der Waals surface area contributed by atoms with Crippen molar-refractivity contribution in [3.05, 3.63) is 35.9 Å². The number of aromatic nitrogens is 1. The number of hydrogen-bond acceptors (Lipinski definition) is 4. The van der Waals surface area contributed by atoms with Gasteiger partial charge < -0.3 is 4.74 Å². The van der Waals surface area contributed by atoms with Crippen LogP contribution in [-0.4, -0.2) is 17.3 Å². The molecule has 1 aromatic heterocycles. The van der Waals surface area contributed by atoms with Crippen LogP contribution in [0.3, 0.4) is 0 Å². The van der Waals surface area contributed by atoms with E-state index in [0.29, 0.717) is 5.69 Å². The van der Waals surface area contributed by atoms with Gasteiger partial charge in [0.05, 0.1) is 7.11 Å². The molecule has 4 nitrogen and oxygen atoms in total. The Balaban J connectivity index is 2.95. The summed E-state index contributed by atoms with van der Waals surface area (Å²) in [6.45, 7) is 3.46. The summed E-state index contributed by atoms with van der Waals surface area (Å²) in [6, 6.07) is 3.24. The van der Waals surface area contributed by atoms with Gasteiger partial charge in [0.15, 0.2) is 5.15 Å². The summed E-state index contributed by atoms with van der Waals surface area (Å²) < 4.78 is 4.72. The summed E-state index contributed by atoms with van der Waals surface area (Å²) in [5.41, 5.74) is 0.330. The lowest BCUT2D eigenvalue weighted by Gasteiger charge is -2.17. The first-order valence-electron chi connectivity index (χ1n) is 3.49. The van der Waals surface area contributed by atoms with Gasteiger partial charge in [-0.3, -0.25) is 5.21 Å². The molecule has 0 saturated heterocycles. The van der Waals surface area contributed by atoms with E-state index in [2.05, 4.69) is 11.6 Å². The number of anilines is 1. The molecule has 1 aromatic rings. The van der Waals surface area contributed by atoms with Gasteiger partial charge >= 0.3 is 0 Å². The highest BCUT2D eigenvalue weighted by molar-refractivity contribution is 6.32. The maximum absolute atomic E-state index is 9.45. The standard InChI is InChI=1S/C8H9ClN2O2/c1-6(13-2)11(12)7-4-3-5-10-8(7)9/h3-5,12H,1H2,2H3. The minimum Gasteiger partial charge on any atom is -0.481 e. The van der Waals surface area contributed by atoms with Crippen LogP contribution in [0.15, 0.2) is 30.8 Å². The third-order valence-corrected chi connectivity index (χ3v) is 1.73. The van der Waals surface area contributed by atoms with Crippen molar-refractivity contribution in [1.82, 2.24) is 4.98 Å². The Bertz CT molecular complexity index is 317. The van der Waals surface area contributed by atoms with Gasteiger partial charge in [0, 0.05) is 6.20 Å². The van der Waals surface area contributed by atoms with E-state index in [-0.39, 0.29) is 11.0 Å². The topological polar surface area (TPSA) is 45.6 Å². The van der Waals surface area contributed by atoms with Gasteiger partial charge in [-0.05, 0) is 18.7 Å². The number of halogens is 1. The molecule has 0 spiro atoms. The molecule has 0 amide bonds. The van der Waals surface area contributed by atoms with E-state index in [1.165, 1.54) is 13.3 Å². The van der Waals surface area contributed by atoms with Crippen molar-refractivity contribution >= 4 is 17.3 Å². The number of rotatable bonds is 3. The molecule has 0 bridgehead atoms. The Labute approximate surface area is 81.0 Å². The van der Waals surface area contributed by atoms with Gasteiger partial charge in [0.25, 0.3) is 0 Å². The second kappa shape index (κ2) is 4.11. The SMILES string of the molecule is C=C(OC)N(O)c1cccnc1Cl. The molecule has 70 valence electrons. The van der Waals surface area contributed by atoms with Gasteiger partial charge in [-0.1, -0.05) is 11.6 Å². The summed E-state index contributed by atoms with van der Waals surface area (Å²) in [5, 5.41) is 10.4. The molecule has 5 heteroatoms. The molecular formula is C8H9ClN2O2. The van der Waals surface area contributed by atoms with E-state index in [0.717, 1.165) is 5.06 Å². The number of pyridine rings is 1. The van der Waals surface area contributed by atoms with Crippen molar-refractivity contribution < 1.29 is 9.94 Å². The number of methoxy groups -OCH3 is 1. The van der Waals surface area contributed by atoms with Crippen LogP contribution in [0.1, 0.15) is 0 Å². The van der Waals surface area contributed by atoms with Crippen LogP contribution < -0.4 is 5.06 Å². The number of hydroxylamine groups is 1. The molecule has 0 aliphatic carbocycles. The van der Waals surface area contributed by atoms with Gasteiger partial charge in [0.1, 0.15) is 5.69 Å². The van der Waals surface area contributed by atoms with Crippen LogP contribution in [0.5, 0.6) is 0 Å². The van der Waals surface area contributed by atoms with Gasteiger partial charge in [-0.25, -0.2) is 4.98 Å². The molecule has 0 radical (unpaired) electrons. The fourth-order valence-electron chi connectivity index (χ4n) is 0.756. The average Bonchev–Trinajstić information content (AvgIpc) is 2.16. The molecule has 0 aliphatic rings. The first-order chi connectivity index (χ1) is 6.16. The maximum atomic E-state index is 9.45. The van der Waals surface area contributed by atoms with Crippen LogP contribution in [0.25, 0.3) is 0 Å². The summed E-state index contributed by atoms with van der Waals surface area (Å²) >= 11 is 5.71. The Kier molecular flexibility index (Phi) is 3.11. The highest BCUT2D eigenvalue weighted by Crippen LogP contribution is 2.23. The molecule has 0 aromatic carbocycles. The van der Waals surface area contributed by atoms with E-state index in [4.69, 9.17) is 16.3 Å². The van der Waals surface area contributed by atoms with E-state index >= 15 is 0 Å². The predicted molar refractivity (Wildman–Crippen MR) is 49.7 cm³/mol. The lowest BCUT2D eigenvalue weighted by Crippen LogP contribution is -2.18. The highest BCUT2D eigenvalue weighted by Gasteiger charge is 2.11. The molecule has 0 fully saturated rings. The second-order valence-electron chi connectivity index (χ2n) is 2.22. The summed E-state index contributed by atoms with van der Waals surface area (Å²) in [5.74, 6) is 0.0786. The Morgan fingerprint density at radius 3 is 3.00 bits per heavy atom. The molecule has 0 atom stereocenters. The van der Waals surface area contributed by atoms with Crippen molar-refractivity contribution in [1.29, 1.82) is 0 Å². The quantitative estimate of drug-likeness (QED) is 0.461. The summed E-state index contributed by atoms with van der Waals surface area (Å²) in [6.07, 6.45) is 1.52. The average molecular weight is 201 g/mol. The van der Waals surface area contributed by atoms with Gasteiger partial charge in [-0.2, -0.15) is 5.06 Å². The predicted octanol–water partition coefficient (Wildman–Crippen LogP) is 2.05. The van der Waals surface area contributed by atoms with E-state index in [9.17, 15) is 5.21 Å². The smallest absolute Gasteiger partial charge is 0.210 e.